The van der Waals surface area contributed by atoms with Crippen molar-refractivity contribution < 1.29 is 19.5 Å². The smallest absolute Gasteiger partial charge is 0.451 e. The largest absolute Gasteiger partial charge is 0.493 e. The monoisotopic (exact) mass is 317 g/mol. The summed E-state index contributed by atoms with van der Waals surface area (Å²) in [6, 6.07) is 3.74. The molecule has 2 N–H and O–H groups in total. The number of fused-ring (bicyclic) bond motifs is 1. The van der Waals surface area contributed by atoms with Crippen molar-refractivity contribution in [2.45, 2.75) is 12.7 Å². The molecule has 7 nitrogen and oxygen atoms in total. The number of methoxy groups -OCH3 is 2. The molecule has 1 aromatic heterocycles. The zero-order valence-corrected chi connectivity index (χ0v) is 13.3. The number of ether oxygens (including phenoxy) is 2. The molecule has 0 saturated carbocycles. The molecule has 8 heteroatoms. The number of aromatic nitrogens is 2. The van der Waals surface area contributed by atoms with Crippen LogP contribution >= 0.6 is 0 Å². The fourth-order valence-electron chi connectivity index (χ4n) is 2.93. The van der Waals surface area contributed by atoms with E-state index in [9.17, 15) is 0 Å². The first kappa shape index (κ1) is 15.8. The Labute approximate surface area is 135 Å². The van der Waals surface area contributed by atoms with Gasteiger partial charge in [0.05, 0.1) is 19.7 Å². The van der Waals surface area contributed by atoms with Gasteiger partial charge in [-0.2, -0.15) is 0 Å². The summed E-state index contributed by atoms with van der Waals surface area (Å²) in [7, 11) is 1.98. The molecule has 3 rings (SSSR count). The van der Waals surface area contributed by atoms with Crippen LogP contribution in [-0.2, 0) is 0 Å². The highest BCUT2D eigenvalue weighted by Gasteiger charge is 2.30. The van der Waals surface area contributed by atoms with E-state index in [1.165, 1.54) is 0 Å². The van der Waals surface area contributed by atoms with Crippen LogP contribution in [0.4, 0.5) is 5.82 Å². The molecule has 0 spiro atoms. The highest BCUT2D eigenvalue weighted by Crippen LogP contribution is 2.36. The van der Waals surface area contributed by atoms with Crippen molar-refractivity contribution in [2.75, 3.05) is 32.2 Å². The molecule has 1 saturated heterocycles. The normalized spacial score (nSPS) is 14.7. The van der Waals surface area contributed by atoms with Gasteiger partial charge < -0.3 is 24.4 Å². The number of benzene rings is 1. The Balaban J connectivity index is 1.82. The average molecular weight is 317 g/mol. The highest BCUT2D eigenvalue weighted by molar-refractivity contribution is 6.40. The van der Waals surface area contributed by atoms with Gasteiger partial charge >= 0.3 is 7.12 Å². The Morgan fingerprint density at radius 1 is 1.17 bits per heavy atom. The summed E-state index contributed by atoms with van der Waals surface area (Å²) in [5, 5.41) is 18.8. The summed E-state index contributed by atoms with van der Waals surface area (Å²) >= 11 is 0. The minimum absolute atomic E-state index is 0.411. The number of hydrogen-bond acceptors (Lipinski definition) is 7. The zero-order chi connectivity index (χ0) is 16.4. The lowest BCUT2D eigenvalue weighted by Crippen LogP contribution is -2.47. The van der Waals surface area contributed by atoms with Crippen molar-refractivity contribution in [3.8, 4) is 11.5 Å². The van der Waals surface area contributed by atoms with E-state index >= 15 is 0 Å². The van der Waals surface area contributed by atoms with Crippen molar-refractivity contribution in [1.29, 1.82) is 0 Å². The molecular weight excluding hydrogens is 297 g/mol. The van der Waals surface area contributed by atoms with E-state index in [0.29, 0.717) is 23.7 Å². The third-order valence-corrected chi connectivity index (χ3v) is 4.21. The van der Waals surface area contributed by atoms with Crippen molar-refractivity contribution in [3.63, 3.8) is 0 Å². The summed E-state index contributed by atoms with van der Waals surface area (Å²) < 4.78 is 10.7. The van der Waals surface area contributed by atoms with Gasteiger partial charge in [-0.05, 0) is 24.7 Å². The van der Waals surface area contributed by atoms with Gasteiger partial charge in [0, 0.05) is 24.5 Å². The molecule has 23 heavy (non-hydrogen) atoms. The van der Waals surface area contributed by atoms with Gasteiger partial charge in [0.15, 0.2) is 11.5 Å². The Kier molecular flexibility index (Phi) is 4.54. The maximum Gasteiger partial charge on any atom is 0.451 e. The van der Waals surface area contributed by atoms with Crippen LogP contribution in [0.3, 0.4) is 0 Å². The molecule has 0 amide bonds. The first-order valence-electron chi connectivity index (χ1n) is 7.60. The number of anilines is 1. The molecule has 0 radical (unpaired) electrons. The molecular formula is C15H20BN3O4. The summed E-state index contributed by atoms with van der Waals surface area (Å²) in [5.74, 6) is 2.62. The third kappa shape index (κ3) is 3.18. The van der Waals surface area contributed by atoms with E-state index in [-0.39, 0.29) is 0 Å². The van der Waals surface area contributed by atoms with Crippen LogP contribution in [0, 0.1) is 5.92 Å². The standard InChI is InChI=1S/C15H20BN3O4/c1-22-13-5-11-12(6-14(13)23-2)17-9-18-15(11)19-7-10(8-19)3-4-16(20)21/h5-6,9-10,20-21H,3-4,7-8H2,1-2H3. The Morgan fingerprint density at radius 3 is 2.52 bits per heavy atom. The second-order valence-corrected chi connectivity index (χ2v) is 5.75. The predicted molar refractivity (Wildman–Crippen MR) is 88.0 cm³/mol. The summed E-state index contributed by atoms with van der Waals surface area (Å²) in [4.78, 5) is 10.9. The lowest BCUT2D eigenvalue weighted by Gasteiger charge is -2.40. The minimum atomic E-state index is -1.22. The summed E-state index contributed by atoms with van der Waals surface area (Å²) in [5.41, 5.74) is 0.807. The van der Waals surface area contributed by atoms with Crippen LogP contribution in [0.1, 0.15) is 6.42 Å². The maximum absolute atomic E-state index is 8.95. The fraction of sp³-hybridized carbons (Fsp3) is 0.467. The quantitative estimate of drug-likeness (QED) is 0.767. The molecule has 122 valence electrons. The third-order valence-electron chi connectivity index (χ3n) is 4.21. The van der Waals surface area contributed by atoms with Crippen molar-refractivity contribution >= 4 is 23.8 Å². The molecule has 1 aliphatic heterocycles. The summed E-state index contributed by atoms with van der Waals surface area (Å²) in [6.07, 6.45) is 2.76. The van der Waals surface area contributed by atoms with E-state index < -0.39 is 7.12 Å². The highest BCUT2D eigenvalue weighted by atomic mass is 16.5. The van der Waals surface area contributed by atoms with E-state index in [0.717, 1.165) is 36.2 Å². The molecule has 2 aromatic rings. The maximum atomic E-state index is 8.95. The topological polar surface area (TPSA) is 87.9 Å². The lowest BCUT2D eigenvalue weighted by molar-refractivity contribution is 0.355. The molecule has 2 heterocycles. The SMILES string of the molecule is COc1cc2ncnc(N3CC(CCB(O)O)C3)c2cc1OC. The Bertz CT molecular complexity index is 692. The van der Waals surface area contributed by atoms with E-state index in [2.05, 4.69) is 14.9 Å². The van der Waals surface area contributed by atoms with Gasteiger partial charge in [-0.15, -0.1) is 0 Å². The van der Waals surface area contributed by atoms with Gasteiger partial charge in [-0.25, -0.2) is 9.97 Å². The van der Waals surface area contributed by atoms with Gasteiger partial charge in [0.1, 0.15) is 12.1 Å². The molecule has 0 atom stereocenters. The molecule has 0 bridgehead atoms. The average Bonchev–Trinajstić information content (AvgIpc) is 2.51. The van der Waals surface area contributed by atoms with Crippen LogP contribution in [0.2, 0.25) is 6.32 Å². The second kappa shape index (κ2) is 6.60. The molecule has 1 aromatic carbocycles. The van der Waals surface area contributed by atoms with Gasteiger partial charge in [-0.1, -0.05) is 0 Å². The summed E-state index contributed by atoms with van der Waals surface area (Å²) in [6.45, 7) is 1.71. The van der Waals surface area contributed by atoms with Crippen LogP contribution in [0.5, 0.6) is 11.5 Å². The number of hydrogen-bond donors (Lipinski definition) is 2. The van der Waals surface area contributed by atoms with Crippen LogP contribution in [0.25, 0.3) is 10.9 Å². The van der Waals surface area contributed by atoms with Crippen molar-refractivity contribution in [3.05, 3.63) is 18.5 Å². The number of nitrogens with zero attached hydrogens (tertiary/aromatic N) is 3. The van der Waals surface area contributed by atoms with Crippen LogP contribution < -0.4 is 14.4 Å². The molecule has 1 fully saturated rings. The second-order valence-electron chi connectivity index (χ2n) is 5.75. The van der Waals surface area contributed by atoms with Crippen LogP contribution in [-0.4, -0.2) is 54.4 Å². The van der Waals surface area contributed by atoms with Gasteiger partial charge in [0.25, 0.3) is 0 Å². The van der Waals surface area contributed by atoms with E-state index in [4.69, 9.17) is 19.5 Å². The van der Waals surface area contributed by atoms with Crippen molar-refractivity contribution in [1.82, 2.24) is 9.97 Å². The van der Waals surface area contributed by atoms with E-state index in [1.54, 1.807) is 20.5 Å². The van der Waals surface area contributed by atoms with Gasteiger partial charge in [-0.3, -0.25) is 0 Å². The predicted octanol–water partition coefficient (Wildman–Crippen LogP) is 0.946. The zero-order valence-electron chi connectivity index (χ0n) is 13.3. The Hall–Kier alpha value is -2.06. The molecule has 0 aliphatic carbocycles. The van der Waals surface area contributed by atoms with Crippen LogP contribution in [0.15, 0.2) is 18.5 Å². The molecule has 0 unspecified atom stereocenters. The number of rotatable bonds is 6. The fourth-order valence-corrected chi connectivity index (χ4v) is 2.93. The minimum Gasteiger partial charge on any atom is -0.493 e. The van der Waals surface area contributed by atoms with Gasteiger partial charge in [0.2, 0.25) is 0 Å². The first-order valence-corrected chi connectivity index (χ1v) is 7.60. The molecule has 1 aliphatic rings. The van der Waals surface area contributed by atoms with E-state index in [1.807, 2.05) is 12.1 Å². The Morgan fingerprint density at radius 2 is 1.87 bits per heavy atom. The first-order chi connectivity index (χ1) is 11.1. The lowest BCUT2D eigenvalue weighted by atomic mass is 9.79. The van der Waals surface area contributed by atoms with Crippen molar-refractivity contribution in [2.24, 2.45) is 5.92 Å².